The van der Waals surface area contributed by atoms with Crippen molar-refractivity contribution in [3.05, 3.63) is 69.3 Å². The van der Waals surface area contributed by atoms with Crippen molar-refractivity contribution in [1.29, 1.82) is 0 Å². The molecule has 1 heterocycles. The molecule has 9 heteroatoms. The monoisotopic (exact) mass is 453 g/mol. The number of hydrogen-bond acceptors (Lipinski definition) is 4. The fourth-order valence-corrected chi connectivity index (χ4v) is 3.89. The molecule has 0 saturated heterocycles. The van der Waals surface area contributed by atoms with Crippen LogP contribution in [0.1, 0.15) is 33.6 Å². The van der Waals surface area contributed by atoms with Crippen molar-refractivity contribution in [2.45, 2.75) is 39.5 Å². The van der Waals surface area contributed by atoms with E-state index in [1.54, 1.807) is 38.1 Å². The molecule has 0 spiro atoms. The zero-order valence-corrected chi connectivity index (χ0v) is 17.5. The van der Waals surface area contributed by atoms with Gasteiger partial charge in [-0.3, -0.25) is 4.79 Å². The molecule has 0 amide bonds. The van der Waals surface area contributed by atoms with E-state index in [4.69, 9.17) is 9.84 Å². The second kappa shape index (κ2) is 9.05. The third-order valence-electron chi connectivity index (χ3n) is 4.73. The molecule has 4 nitrogen and oxygen atoms in total. The van der Waals surface area contributed by atoms with Crippen LogP contribution >= 0.6 is 11.5 Å². The van der Waals surface area contributed by atoms with Gasteiger partial charge in [-0.2, -0.15) is 17.5 Å². The smallest absolute Gasteiger partial charge is 0.427 e. The van der Waals surface area contributed by atoms with Crippen molar-refractivity contribution in [2.24, 2.45) is 0 Å². The summed E-state index contributed by atoms with van der Waals surface area (Å²) in [4.78, 5) is 9.81. The van der Waals surface area contributed by atoms with E-state index < -0.39 is 29.4 Å². The molecule has 164 valence electrons. The molecule has 1 N–H and O–H groups in total. The molecule has 3 aromatic rings. The van der Waals surface area contributed by atoms with E-state index >= 15 is 0 Å². The minimum Gasteiger partial charge on any atom is -0.489 e. The summed E-state index contributed by atoms with van der Waals surface area (Å²) in [6, 6.07) is 9.15. The summed E-state index contributed by atoms with van der Waals surface area (Å²) < 4.78 is 64.4. The molecule has 0 aliphatic rings. The first-order chi connectivity index (χ1) is 14.6. The van der Waals surface area contributed by atoms with Gasteiger partial charge in [0, 0.05) is 17.5 Å². The van der Waals surface area contributed by atoms with E-state index in [0.29, 0.717) is 17.7 Å². The van der Waals surface area contributed by atoms with Gasteiger partial charge in [0.2, 0.25) is 0 Å². The van der Waals surface area contributed by atoms with Crippen LogP contribution < -0.4 is 4.74 Å². The first-order valence-corrected chi connectivity index (χ1v) is 10.1. The lowest BCUT2D eigenvalue weighted by atomic mass is 10.0. The lowest BCUT2D eigenvalue weighted by Gasteiger charge is -2.13. The minimum absolute atomic E-state index is 0.0175. The number of carboxylic acid groups (broad SMARTS) is 1. The summed E-state index contributed by atoms with van der Waals surface area (Å²) in [6.45, 7) is 3.01. The third-order valence-corrected chi connectivity index (χ3v) is 5.67. The molecule has 0 saturated carbocycles. The zero-order chi connectivity index (χ0) is 22.8. The number of carboxylic acids is 1. The van der Waals surface area contributed by atoms with Crippen LogP contribution in [-0.2, 0) is 24.0 Å². The third kappa shape index (κ3) is 5.41. The van der Waals surface area contributed by atoms with Gasteiger partial charge < -0.3 is 9.84 Å². The number of hydrogen-bond donors (Lipinski definition) is 1. The van der Waals surface area contributed by atoms with Crippen LogP contribution in [0.4, 0.5) is 17.6 Å². The second-order valence-electron chi connectivity index (χ2n) is 7.09. The summed E-state index contributed by atoms with van der Waals surface area (Å²) in [5.41, 5.74) is 1.88. The molecule has 0 fully saturated rings. The largest absolute Gasteiger partial charge is 0.489 e. The Bertz CT molecular complexity index is 1110. The molecule has 0 atom stereocenters. The Morgan fingerprint density at radius 3 is 2.52 bits per heavy atom. The van der Waals surface area contributed by atoms with E-state index in [2.05, 4.69) is 4.37 Å². The summed E-state index contributed by atoms with van der Waals surface area (Å²) in [6.07, 6.45) is -4.33. The molecular formula is C22H19F4NO3S. The van der Waals surface area contributed by atoms with Gasteiger partial charge in [-0.05, 0) is 72.8 Å². The van der Waals surface area contributed by atoms with Crippen molar-refractivity contribution in [2.75, 3.05) is 0 Å². The number of aliphatic carboxylic acids is 1. The van der Waals surface area contributed by atoms with Gasteiger partial charge in [0.25, 0.3) is 0 Å². The van der Waals surface area contributed by atoms with Gasteiger partial charge in [0.1, 0.15) is 23.1 Å². The first kappa shape index (κ1) is 22.7. The molecule has 0 radical (unpaired) electrons. The Morgan fingerprint density at radius 1 is 1.16 bits per heavy atom. The standard InChI is InChI=1S/C22H19F4NO3S/c1-12-3-7-16(18(23)9-12)20-17(21(31-27-20)22(24,25)26)11-30-15-6-4-14(13(2)10-15)5-8-19(28)29/h3-4,6-7,9-10H,5,8,11H2,1-2H3,(H,28,29). The van der Waals surface area contributed by atoms with Crippen LogP contribution in [0.3, 0.4) is 0 Å². The van der Waals surface area contributed by atoms with Crippen LogP contribution in [0.25, 0.3) is 11.3 Å². The van der Waals surface area contributed by atoms with Crippen molar-refractivity contribution >= 4 is 17.5 Å². The van der Waals surface area contributed by atoms with Crippen LogP contribution in [0, 0.1) is 19.7 Å². The van der Waals surface area contributed by atoms with Gasteiger partial charge in [0.05, 0.1) is 5.69 Å². The lowest BCUT2D eigenvalue weighted by Crippen LogP contribution is -2.09. The van der Waals surface area contributed by atoms with Crippen molar-refractivity contribution in [1.82, 2.24) is 4.37 Å². The molecule has 2 aromatic carbocycles. The van der Waals surface area contributed by atoms with Gasteiger partial charge in [-0.25, -0.2) is 4.39 Å². The Morgan fingerprint density at radius 2 is 1.90 bits per heavy atom. The van der Waals surface area contributed by atoms with Crippen molar-refractivity contribution in [3.63, 3.8) is 0 Å². The van der Waals surface area contributed by atoms with Gasteiger partial charge in [-0.1, -0.05) is 12.1 Å². The molecular weight excluding hydrogens is 434 g/mol. The highest BCUT2D eigenvalue weighted by molar-refractivity contribution is 7.06. The van der Waals surface area contributed by atoms with Crippen molar-refractivity contribution in [3.8, 4) is 17.0 Å². The first-order valence-electron chi connectivity index (χ1n) is 9.32. The number of nitrogens with zero attached hydrogens (tertiary/aromatic N) is 1. The summed E-state index contributed by atoms with van der Waals surface area (Å²) in [5, 5.41) is 8.81. The number of halogens is 4. The fraction of sp³-hybridized carbons (Fsp3) is 0.273. The number of alkyl halides is 3. The number of ether oxygens (including phenoxy) is 1. The Balaban J connectivity index is 1.89. The Kier molecular flexibility index (Phi) is 6.64. The van der Waals surface area contributed by atoms with Crippen LogP contribution in [0.15, 0.2) is 36.4 Å². The van der Waals surface area contributed by atoms with Crippen LogP contribution in [-0.4, -0.2) is 15.4 Å². The minimum atomic E-state index is -4.65. The number of rotatable bonds is 7. The van der Waals surface area contributed by atoms with E-state index in [9.17, 15) is 22.4 Å². The van der Waals surface area contributed by atoms with E-state index in [1.807, 2.05) is 0 Å². The molecule has 3 rings (SSSR count). The summed E-state index contributed by atoms with van der Waals surface area (Å²) >= 11 is 0.264. The quantitative estimate of drug-likeness (QED) is 0.434. The lowest BCUT2D eigenvalue weighted by molar-refractivity contribution is -0.137. The molecule has 0 aliphatic heterocycles. The average molecular weight is 453 g/mol. The van der Waals surface area contributed by atoms with E-state index in [1.165, 1.54) is 12.1 Å². The summed E-state index contributed by atoms with van der Waals surface area (Å²) in [7, 11) is 0. The van der Waals surface area contributed by atoms with Gasteiger partial charge in [0.15, 0.2) is 0 Å². The average Bonchev–Trinajstić information content (AvgIpc) is 3.09. The molecule has 0 aliphatic carbocycles. The van der Waals surface area contributed by atoms with Gasteiger partial charge in [-0.15, -0.1) is 0 Å². The number of aryl methyl sites for hydroxylation is 3. The Labute approximate surface area is 180 Å². The number of carbonyl (C=O) groups is 1. The SMILES string of the molecule is Cc1ccc(-c2nsc(C(F)(F)F)c2COc2ccc(CCC(=O)O)c(C)c2)c(F)c1. The van der Waals surface area contributed by atoms with Crippen LogP contribution in [0.5, 0.6) is 5.75 Å². The van der Waals surface area contributed by atoms with Crippen molar-refractivity contribution < 1.29 is 32.2 Å². The Hall–Kier alpha value is -2.94. The highest BCUT2D eigenvalue weighted by Gasteiger charge is 2.38. The molecule has 31 heavy (non-hydrogen) atoms. The molecule has 0 bridgehead atoms. The maximum atomic E-state index is 14.4. The van der Waals surface area contributed by atoms with E-state index in [0.717, 1.165) is 11.1 Å². The highest BCUT2D eigenvalue weighted by atomic mass is 32.1. The van der Waals surface area contributed by atoms with E-state index in [-0.39, 0.29) is 34.8 Å². The maximum Gasteiger partial charge on any atom is 0.427 e. The predicted octanol–water partition coefficient (Wildman–Crippen LogP) is 6.18. The highest BCUT2D eigenvalue weighted by Crippen LogP contribution is 2.40. The molecule has 0 unspecified atom stereocenters. The number of aromatic nitrogens is 1. The molecule has 1 aromatic heterocycles. The summed E-state index contributed by atoms with van der Waals surface area (Å²) in [5.74, 6) is -1.25. The topological polar surface area (TPSA) is 59.4 Å². The number of benzene rings is 2. The second-order valence-corrected chi connectivity index (χ2v) is 7.86. The van der Waals surface area contributed by atoms with Crippen LogP contribution in [0.2, 0.25) is 0 Å². The predicted molar refractivity (Wildman–Crippen MR) is 109 cm³/mol. The maximum absolute atomic E-state index is 14.4. The normalized spacial score (nSPS) is 11.5. The fourth-order valence-electron chi connectivity index (χ4n) is 3.13. The zero-order valence-electron chi connectivity index (χ0n) is 16.7. The van der Waals surface area contributed by atoms with Gasteiger partial charge >= 0.3 is 12.1 Å².